The van der Waals surface area contributed by atoms with Crippen LogP contribution in [-0.4, -0.2) is 92.1 Å². The van der Waals surface area contributed by atoms with Crippen molar-refractivity contribution in [3.63, 3.8) is 0 Å². The van der Waals surface area contributed by atoms with Gasteiger partial charge in [-0.2, -0.15) is 0 Å². The SMILES string of the molecule is O.[BaH2].[CaH2].[Cu]. The second kappa shape index (κ2) is 16.2. The molecule has 27 valence electrons. The molecule has 0 bridgehead atoms. The molecule has 0 aromatic rings. The molecule has 0 aliphatic carbocycles. The standard InChI is InChI=1S/Ba.Ca.Cu.H2O.4H/h;;;1H2;;;;. The van der Waals surface area contributed by atoms with Gasteiger partial charge in [-0.1, -0.05) is 0 Å². The van der Waals surface area contributed by atoms with E-state index in [-0.39, 0.29) is 109 Å². The fraction of sp³-hybridized carbons (Fsp3) is 0. The summed E-state index contributed by atoms with van der Waals surface area (Å²) in [6.45, 7) is 0. The molecule has 0 spiro atoms. The minimum Gasteiger partial charge on any atom is 0 e. The van der Waals surface area contributed by atoms with Crippen LogP contribution in [0.1, 0.15) is 0 Å². The minimum atomic E-state index is 0. The van der Waals surface area contributed by atoms with E-state index in [1.165, 1.54) is 0 Å². The maximum atomic E-state index is 0. The second-order valence-electron chi connectivity index (χ2n) is 0. The van der Waals surface area contributed by atoms with Gasteiger partial charge < -0.3 is 5.48 Å². The van der Waals surface area contributed by atoms with E-state index in [0.717, 1.165) is 0 Å². The third-order valence-electron chi connectivity index (χ3n) is 0. The molecule has 0 atom stereocenters. The van der Waals surface area contributed by atoms with Gasteiger partial charge in [0.15, 0.2) is 0 Å². The molecular formula is H6BaCaCuO. The molecule has 0 aromatic carbocycles. The molecule has 0 aliphatic heterocycles. The predicted octanol–water partition coefficient (Wildman–Crippen LogP) is -2.66. The van der Waals surface area contributed by atoms with Crippen LogP contribution in [0.15, 0.2) is 0 Å². The summed E-state index contributed by atoms with van der Waals surface area (Å²) >= 11 is 0. The summed E-state index contributed by atoms with van der Waals surface area (Å²) in [5, 5.41) is 0. The van der Waals surface area contributed by atoms with E-state index in [4.69, 9.17) is 0 Å². The summed E-state index contributed by atoms with van der Waals surface area (Å²) in [5.74, 6) is 0. The first kappa shape index (κ1) is 26.6. The van der Waals surface area contributed by atoms with E-state index in [2.05, 4.69) is 0 Å². The van der Waals surface area contributed by atoms with Gasteiger partial charge in [-0.25, -0.2) is 0 Å². The molecule has 0 rings (SSSR count). The van der Waals surface area contributed by atoms with Gasteiger partial charge in [-0.15, -0.1) is 0 Å². The Labute approximate surface area is 106 Å². The van der Waals surface area contributed by atoms with Gasteiger partial charge in [0.05, 0.1) is 0 Å². The van der Waals surface area contributed by atoms with Crippen molar-refractivity contribution in [2.24, 2.45) is 0 Å². The summed E-state index contributed by atoms with van der Waals surface area (Å²) < 4.78 is 0. The Morgan fingerprint density at radius 1 is 1.00 bits per heavy atom. The minimum absolute atomic E-state index is 0. The van der Waals surface area contributed by atoms with Crippen LogP contribution in [0.2, 0.25) is 0 Å². The monoisotopic (exact) mass is 263 g/mol. The van der Waals surface area contributed by atoms with E-state index >= 15 is 0 Å². The van der Waals surface area contributed by atoms with E-state index in [1.54, 1.807) is 0 Å². The molecule has 1 radical (unpaired) electrons. The third-order valence-corrected chi connectivity index (χ3v) is 0. The van der Waals surface area contributed by atoms with E-state index in [9.17, 15) is 0 Å². The van der Waals surface area contributed by atoms with Crippen LogP contribution in [0.3, 0.4) is 0 Å². The summed E-state index contributed by atoms with van der Waals surface area (Å²) in [5.41, 5.74) is 0. The van der Waals surface area contributed by atoms with Crippen LogP contribution in [0.4, 0.5) is 0 Å². The van der Waals surface area contributed by atoms with E-state index < -0.39 is 0 Å². The average Bonchev–Trinajstić information content (AvgIpc) is 0. The van der Waals surface area contributed by atoms with Crippen molar-refractivity contribution in [3.8, 4) is 0 Å². The Kier molecular flexibility index (Phi) is 108. The Hall–Kier alpha value is 3.31. The van der Waals surface area contributed by atoms with Gasteiger partial charge in [0.25, 0.3) is 0 Å². The first-order chi connectivity index (χ1) is 0. The molecule has 1 nitrogen and oxygen atoms in total. The van der Waals surface area contributed by atoms with Gasteiger partial charge in [-0.05, 0) is 0 Å². The van der Waals surface area contributed by atoms with Crippen molar-refractivity contribution in [3.05, 3.63) is 0 Å². The van der Waals surface area contributed by atoms with Crippen molar-refractivity contribution >= 4 is 86.6 Å². The molecule has 0 aliphatic rings. The van der Waals surface area contributed by atoms with Crippen molar-refractivity contribution in [2.75, 3.05) is 0 Å². The zero-order valence-electron chi connectivity index (χ0n) is 0.802. The maximum absolute atomic E-state index is 0. The van der Waals surface area contributed by atoms with E-state index in [1.807, 2.05) is 0 Å². The Morgan fingerprint density at radius 3 is 1.00 bits per heavy atom. The van der Waals surface area contributed by atoms with Gasteiger partial charge in [0, 0.05) is 17.1 Å². The smallest absolute Gasteiger partial charge is 0 e. The first-order valence-corrected chi connectivity index (χ1v) is 0. The fourth-order valence-electron chi connectivity index (χ4n) is 0. The second-order valence-corrected chi connectivity index (χ2v) is 0. The molecular weight excluding hydrogens is 257 g/mol. The molecule has 0 heterocycles. The zero-order chi connectivity index (χ0) is 0. The summed E-state index contributed by atoms with van der Waals surface area (Å²) in [6.07, 6.45) is 0. The van der Waals surface area contributed by atoms with Crippen LogP contribution in [-0.2, 0) is 17.1 Å². The first-order valence-electron chi connectivity index (χ1n) is 0. The summed E-state index contributed by atoms with van der Waals surface area (Å²) in [6, 6.07) is 0. The predicted molar refractivity (Wildman–Crippen MR) is 20.7 cm³/mol. The van der Waals surface area contributed by atoms with Crippen LogP contribution in [0, 0.1) is 0 Å². The van der Waals surface area contributed by atoms with Crippen LogP contribution >= 0.6 is 0 Å². The van der Waals surface area contributed by atoms with Crippen molar-refractivity contribution in [2.45, 2.75) is 0 Å². The topological polar surface area (TPSA) is 31.5 Å². The molecule has 0 saturated heterocycles. The van der Waals surface area contributed by atoms with Gasteiger partial charge in [0.2, 0.25) is 0 Å². The molecule has 0 aromatic heterocycles. The zero-order valence-corrected chi connectivity index (χ0v) is 1.74. The van der Waals surface area contributed by atoms with Crippen molar-refractivity contribution in [1.82, 2.24) is 0 Å². The number of hydrogen-bond donors (Lipinski definition) is 0. The average molecular weight is 263 g/mol. The van der Waals surface area contributed by atoms with Crippen LogP contribution in [0.5, 0.6) is 0 Å². The van der Waals surface area contributed by atoms with Crippen LogP contribution in [0.25, 0.3) is 0 Å². The van der Waals surface area contributed by atoms with E-state index in [0.29, 0.717) is 0 Å². The Balaban J connectivity index is 0. The largest absolute Gasteiger partial charge is 0 e. The Morgan fingerprint density at radius 2 is 1.00 bits per heavy atom. The molecule has 2 N–H and O–H groups in total. The molecule has 0 unspecified atom stereocenters. The molecule has 4 heteroatoms. The van der Waals surface area contributed by atoms with Crippen LogP contribution < -0.4 is 0 Å². The molecule has 0 fully saturated rings. The summed E-state index contributed by atoms with van der Waals surface area (Å²) in [7, 11) is 0. The molecule has 0 saturated carbocycles. The molecule has 0 amide bonds. The van der Waals surface area contributed by atoms with Gasteiger partial charge in [-0.3, -0.25) is 0 Å². The maximum Gasteiger partial charge on any atom is 0 e. The number of rotatable bonds is 0. The quantitative estimate of drug-likeness (QED) is 0.427. The van der Waals surface area contributed by atoms with Gasteiger partial charge >= 0.3 is 86.6 Å². The van der Waals surface area contributed by atoms with Crippen molar-refractivity contribution in [1.29, 1.82) is 0 Å². The number of hydrogen-bond acceptors (Lipinski definition) is 0. The molecule has 4 heavy (non-hydrogen) atoms. The Bertz CT molecular complexity index is 8.00. The summed E-state index contributed by atoms with van der Waals surface area (Å²) in [4.78, 5) is 0. The normalized spacial score (nSPS) is 0. The van der Waals surface area contributed by atoms with Gasteiger partial charge in [0.1, 0.15) is 0 Å². The fourth-order valence-corrected chi connectivity index (χ4v) is 0. The third kappa shape index (κ3) is 9.00. The van der Waals surface area contributed by atoms with Crippen molar-refractivity contribution < 1.29 is 22.5 Å².